The number of rotatable bonds is 3. The third-order valence-electron chi connectivity index (χ3n) is 4.56. The van der Waals surface area contributed by atoms with Gasteiger partial charge in [-0.2, -0.15) is 0 Å². The average Bonchev–Trinajstić information content (AvgIpc) is 2.44. The van der Waals surface area contributed by atoms with Crippen LogP contribution < -0.4 is 0 Å². The molecule has 6 heteroatoms. The van der Waals surface area contributed by atoms with Crippen molar-refractivity contribution in [1.29, 1.82) is 0 Å². The number of allylic oxidation sites excluding steroid dienone is 1. The molecule has 6 nitrogen and oxygen atoms in total. The van der Waals surface area contributed by atoms with Crippen molar-refractivity contribution in [2.75, 3.05) is 21.3 Å². The van der Waals surface area contributed by atoms with Gasteiger partial charge in [-0.1, -0.05) is 6.92 Å². The molecule has 20 heavy (non-hydrogen) atoms. The van der Waals surface area contributed by atoms with Gasteiger partial charge in [-0.05, 0) is 0 Å². The standard InChI is InChI=1S/C14H20O6/c1-7-9(15)5-8-6-10(16)11(13(17)18-2)12(7)14(8,19-3)20-4/h7-8,12,16H,5-6H2,1-4H3. The van der Waals surface area contributed by atoms with E-state index in [1.165, 1.54) is 21.3 Å². The fourth-order valence-corrected chi connectivity index (χ4v) is 3.57. The number of methoxy groups -OCH3 is 3. The van der Waals surface area contributed by atoms with Crippen molar-refractivity contribution in [2.24, 2.45) is 17.8 Å². The van der Waals surface area contributed by atoms with Crippen LogP contribution in [0.15, 0.2) is 11.3 Å². The lowest BCUT2D eigenvalue weighted by molar-refractivity contribution is -0.285. The molecule has 0 heterocycles. The number of ketones is 1. The molecule has 112 valence electrons. The molecule has 0 aromatic rings. The normalized spacial score (nSPS) is 32.2. The van der Waals surface area contributed by atoms with E-state index in [-0.39, 0.29) is 35.9 Å². The first kappa shape index (κ1) is 15.0. The number of carbonyl (C=O) groups is 2. The number of esters is 1. The molecule has 0 amide bonds. The van der Waals surface area contributed by atoms with E-state index in [4.69, 9.17) is 14.2 Å². The van der Waals surface area contributed by atoms with E-state index < -0.39 is 23.6 Å². The Morgan fingerprint density at radius 2 is 1.85 bits per heavy atom. The summed E-state index contributed by atoms with van der Waals surface area (Å²) >= 11 is 0. The van der Waals surface area contributed by atoms with Gasteiger partial charge in [0, 0.05) is 38.9 Å². The molecule has 2 bridgehead atoms. The first-order valence-corrected chi connectivity index (χ1v) is 6.56. The van der Waals surface area contributed by atoms with Crippen molar-refractivity contribution in [1.82, 2.24) is 0 Å². The van der Waals surface area contributed by atoms with Crippen molar-refractivity contribution in [2.45, 2.75) is 25.6 Å². The summed E-state index contributed by atoms with van der Waals surface area (Å²) < 4.78 is 15.9. The number of ether oxygens (including phenoxy) is 3. The fraction of sp³-hybridized carbons (Fsp3) is 0.714. The maximum absolute atomic E-state index is 12.1. The van der Waals surface area contributed by atoms with Gasteiger partial charge in [-0.3, -0.25) is 4.79 Å². The SMILES string of the molecule is COC(=O)C1=C(O)CC2CC(=O)C(C)C1C2(OC)OC. The highest BCUT2D eigenvalue weighted by Crippen LogP contribution is 2.52. The highest BCUT2D eigenvalue weighted by atomic mass is 16.7. The minimum atomic E-state index is -1.08. The number of hydrogen-bond donors (Lipinski definition) is 1. The number of hydrogen-bond acceptors (Lipinski definition) is 6. The predicted molar refractivity (Wildman–Crippen MR) is 68.8 cm³/mol. The molecule has 1 saturated carbocycles. The molecule has 0 radical (unpaired) electrons. The van der Waals surface area contributed by atoms with E-state index in [9.17, 15) is 14.7 Å². The zero-order chi connectivity index (χ0) is 15.1. The molecule has 1 fully saturated rings. The highest BCUT2D eigenvalue weighted by Gasteiger charge is 2.60. The third-order valence-corrected chi connectivity index (χ3v) is 4.56. The Balaban J connectivity index is 2.61. The lowest BCUT2D eigenvalue weighted by Gasteiger charge is -2.52. The van der Waals surface area contributed by atoms with Crippen LogP contribution in [0.3, 0.4) is 0 Å². The molecule has 0 spiro atoms. The Kier molecular flexibility index (Phi) is 3.88. The van der Waals surface area contributed by atoms with Crippen LogP contribution in [-0.2, 0) is 23.8 Å². The fourth-order valence-electron chi connectivity index (χ4n) is 3.57. The summed E-state index contributed by atoms with van der Waals surface area (Å²) in [5.74, 6) is -3.17. The molecule has 1 N–H and O–H groups in total. The molecule has 0 aromatic heterocycles. The Morgan fingerprint density at radius 3 is 2.35 bits per heavy atom. The highest BCUT2D eigenvalue weighted by molar-refractivity contribution is 5.93. The predicted octanol–water partition coefficient (Wildman–Crippen LogP) is 1.21. The molecular formula is C14H20O6. The molecule has 0 aromatic carbocycles. The van der Waals surface area contributed by atoms with Crippen LogP contribution in [0.2, 0.25) is 0 Å². The number of aliphatic hydroxyl groups excluding tert-OH is 1. The summed E-state index contributed by atoms with van der Waals surface area (Å²) in [6, 6.07) is 0. The van der Waals surface area contributed by atoms with Gasteiger partial charge in [0.2, 0.25) is 0 Å². The second-order valence-electron chi connectivity index (χ2n) is 5.32. The topological polar surface area (TPSA) is 82.1 Å². The van der Waals surface area contributed by atoms with Crippen molar-refractivity contribution >= 4 is 11.8 Å². The van der Waals surface area contributed by atoms with Crippen LogP contribution in [0.25, 0.3) is 0 Å². The summed E-state index contributed by atoms with van der Waals surface area (Å²) in [6.07, 6.45) is 0.429. The second kappa shape index (κ2) is 5.18. The molecule has 3 atom stereocenters. The monoisotopic (exact) mass is 284 g/mol. The van der Waals surface area contributed by atoms with Gasteiger partial charge in [0.25, 0.3) is 0 Å². The van der Waals surface area contributed by atoms with Crippen molar-refractivity contribution < 1.29 is 28.9 Å². The lowest BCUT2D eigenvalue weighted by Crippen LogP contribution is -2.60. The Morgan fingerprint density at radius 1 is 1.25 bits per heavy atom. The molecule has 2 aliphatic carbocycles. The van der Waals surface area contributed by atoms with Gasteiger partial charge in [0.15, 0.2) is 5.79 Å². The molecular weight excluding hydrogens is 264 g/mol. The molecule has 3 unspecified atom stereocenters. The zero-order valence-electron chi connectivity index (χ0n) is 12.1. The maximum atomic E-state index is 12.1. The van der Waals surface area contributed by atoms with Gasteiger partial charge in [0.05, 0.1) is 18.6 Å². The molecule has 2 aliphatic rings. The van der Waals surface area contributed by atoms with Crippen LogP contribution in [0.5, 0.6) is 0 Å². The van der Waals surface area contributed by atoms with E-state index in [1.54, 1.807) is 6.92 Å². The second-order valence-corrected chi connectivity index (χ2v) is 5.32. The Labute approximate surface area is 117 Å². The minimum Gasteiger partial charge on any atom is -0.512 e. The van der Waals surface area contributed by atoms with E-state index in [0.717, 1.165) is 0 Å². The van der Waals surface area contributed by atoms with Gasteiger partial charge >= 0.3 is 5.97 Å². The van der Waals surface area contributed by atoms with Crippen LogP contribution in [0, 0.1) is 17.8 Å². The quantitative estimate of drug-likeness (QED) is 0.619. The number of aliphatic hydroxyl groups is 1. The summed E-state index contributed by atoms with van der Waals surface area (Å²) in [4.78, 5) is 24.1. The van der Waals surface area contributed by atoms with E-state index in [0.29, 0.717) is 0 Å². The van der Waals surface area contributed by atoms with Crippen LogP contribution in [0.4, 0.5) is 0 Å². The van der Waals surface area contributed by atoms with Crippen LogP contribution in [0.1, 0.15) is 19.8 Å². The Bertz CT molecular complexity index is 462. The van der Waals surface area contributed by atoms with E-state index in [1.807, 2.05) is 0 Å². The van der Waals surface area contributed by atoms with Gasteiger partial charge < -0.3 is 19.3 Å². The molecule has 0 saturated heterocycles. The summed E-state index contributed by atoms with van der Waals surface area (Å²) in [5, 5.41) is 10.2. The average molecular weight is 284 g/mol. The lowest BCUT2D eigenvalue weighted by atomic mass is 9.61. The minimum absolute atomic E-state index is 0.0316. The zero-order valence-corrected chi connectivity index (χ0v) is 12.1. The number of carbonyl (C=O) groups excluding carboxylic acids is 2. The van der Waals surface area contributed by atoms with Crippen molar-refractivity contribution in [3.63, 3.8) is 0 Å². The number of Topliss-reactive ketones (excluding diaryl/α,β-unsaturated/α-hetero) is 1. The molecule has 2 rings (SSSR count). The van der Waals surface area contributed by atoms with Crippen molar-refractivity contribution in [3.05, 3.63) is 11.3 Å². The van der Waals surface area contributed by atoms with Gasteiger partial charge in [-0.15, -0.1) is 0 Å². The van der Waals surface area contributed by atoms with Crippen LogP contribution in [-0.4, -0.2) is 44.0 Å². The summed E-state index contributed by atoms with van der Waals surface area (Å²) in [7, 11) is 4.22. The third kappa shape index (κ3) is 1.86. The summed E-state index contributed by atoms with van der Waals surface area (Å²) in [5.41, 5.74) is 0.0907. The largest absolute Gasteiger partial charge is 0.512 e. The first-order valence-electron chi connectivity index (χ1n) is 6.56. The summed E-state index contributed by atoms with van der Waals surface area (Å²) in [6.45, 7) is 1.72. The van der Waals surface area contributed by atoms with Crippen LogP contribution >= 0.6 is 0 Å². The Hall–Kier alpha value is -1.40. The maximum Gasteiger partial charge on any atom is 0.337 e. The van der Waals surface area contributed by atoms with E-state index in [2.05, 4.69) is 0 Å². The number of fused-ring (bicyclic) bond motifs is 2. The van der Waals surface area contributed by atoms with Gasteiger partial charge in [0.1, 0.15) is 11.5 Å². The smallest absolute Gasteiger partial charge is 0.337 e. The van der Waals surface area contributed by atoms with Crippen molar-refractivity contribution in [3.8, 4) is 0 Å². The first-order chi connectivity index (χ1) is 9.42. The molecule has 0 aliphatic heterocycles. The van der Waals surface area contributed by atoms with E-state index >= 15 is 0 Å². The van der Waals surface area contributed by atoms with Gasteiger partial charge in [-0.25, -0.2) is 4.79 Å².